The van der Waals surface area contributed by atoms with Crippen molar-refractivity contribution in [1.82, 2.24) is 10.3 Å². The summed E-state index contributed by atoms with van der Waals surface area (Å²) in [5.74, 6) is -1.61. The number of hydrogen-bond acceptors (Lipinski definition) is 4. The van der Waals surface area contributed by atoms with Crippen LogP contribution >= 0.6 is 0 Å². The van der Waals surface area contributed by atoms with E-state index in [1.54, 1.807) is 25.1 Å². The Morgan fingerprint density at radius 3 is 2.41 bits per heavy atom. The number of halogens is 3. The van der Waals surface area contributed by atoms with Crippen LogP contribution in [0.5, 0.6) is 5.75 Å². The molecule has 6 nitrogen and oxygen atoms in total. The summed E-state index contributed by atoms with van der Waals surface area (Å²) in [6.07, 6.45) is -3.32. The maximum Gasteiger partial charge on any atom is 0.433 e. The Balaban J connectivity index is 1.94. The summed E-state index contributed by atoms with van der Waals surface area (Å²) in [4.78, 5) is 28.0. The molecular weight excluding hydrogens is 425 g/mol. The van der Waals surface area contributed by atoms with Crippen LogP contribution < -0.4 is 10.1 Å². The number of hydrogen-bond donors (Lipinski definition) is 2. The van der Waals surface area contributed by atoms with Gasteiger partial charge in [0, 0.05) is 17.1 Å². The largest absolute Gasteiger partial charge is 0.487 e. The quantitative estimate of drug-likeness (QED) is 0.544. The van der Waals surface area contributed by atoms with Crippen LogP contribution in [0, 0.1) is 0 Å². The van der Waals surface area contributed by atoms with Gasteiger partial charge < -0.3 is 15.2 Å². The predicted molar refractivity (Wildman–Crippen MR) is 111 cm³/mol. The number of aliphatic carboxylic acids is 1. The fourth-order valence-corrected chi connectivity index (χ4v) is 3.02. The Morgan fingerprint density at radius 1 is 1.09 bits per heavy atom. The minimum atomic E-state index is -4.55. The molecule has 0 saturated carbocycles. The second-order valence-corrected chi connectivity index (χ2v) is 7.45. The topological polar surface area (TPSA) is 88.5 Å². The molecule has 32 heavy (non-hydrogen) atoms. The third kappa shape index (κ3) is 4.82. The van der Waals surface area contributed by atoms with Crippen molar-refractivity contribution in [3.63, 3.8) is 0 Å². The van der Waals surface area contributed by atoms with E-state index in [-0.39, 0.29) is 24.3 Å². The molecule has 1 atom stereocenters. The zero-order valence-electron chi connectivity index (χ0n) is 17.4. The van der Waals surface area contributed by atoms with Gasteiger partial charge in [0.25, 0.3) is 5.91 Å². The number of rotatable bonds is 7. The number of nitrogens with zero attached hydrogens (tertiary/aromatic N) is 1. The van der Waals surface area contributed by atoms with E-state index in [1.807, 2.05) is 12.1 Å². The van der Waals surface area contributed by atoms with Crippen molar-refractivity contribution in [2.45, 2.75) is 38.6 Å². The Labute approximate surface area is 182 Å². The van der Waals surface area contributed by atoms with Gasteiger partial charge in [0.1, 0.15) is 23.6 Å². The summed E-state index contributed by atoms with van der Waals surface area (Å²) in [6.45, 7) is 2.91. The molecule has 0 fully saturated rings. The van der Waals surface area contributed by atoms with Crippen molar-refractivity contribution in [3.05, 3.63) is 71.5 Å². The molecule has 0 saturated heterocycles. The van der Waals surface area contributed by atoms with Crippen LogP contribution in [-0.4, -0.2) is 27.5 Å². The standard InChI is InChI=1S/C23H21F3N2O4/c1-3-22(2,21(30)31)28-20(29)17-10-9-15-6-4-5-7-16(15)19(17)32-13-14-8-11-18(27-12-14)23(24,25)26/h4-12H,3,13H2,1-2H3,(H,28,29)(H,30,31)/t22-/m1/s1. The number of carboxylic acid groups (broad SMARTS) is 1. The summed E-state index contributed by atoms with van der Waals surface area (Å²) in [6, 6.07) is 12.5. The van der Waals surface area contributed by atoms with Gasteiger partial charge in [0.15, 0.2) is 0 Å². The van der Waals surface area contributed by atoms with Crippen molar-refractivity contribution in [1.29, 1.82) is 0 Å². The number of carboxylic acids is 1. The maximum atomic E-state index is 13.0. The number of fused-ring (bicyclic) bond motifs is 1. The van der Waals surface area contributed by atoms with Crippen LogP contribution in [0.3, 0.4) is 0 Å². The molecule has 3 rings (SSSR count). The molecule has 2 N–H and O–H groups in total. The van der Waals surface area contributed by atoms with E-state index in [1.165, 1.54) is 19.1 Å². The van der Waals surface area contributed by atoms with E-state index >= 15 is 0 Å². The van der Waals surface area contributed by atoms with E-state index in [9.17, 15) is 27.9 Å². The van der Waals surface area contributed by atoms with Crippen LogP contribution in [-0.2, 0) is 17.6 Å². The zero-order valence-corrected chi connectivity index (χ0v) is 17.4. The van der Waals surface area contributed by atoms with E-state index < -0.39 is 29.3 Å². The normalized spacial score (nSPS) is 13.4. The van der Waals surface area contributed by atoms with Gasteiger partial charge in [-0.25, -0.2) is 4.79 Å². The molecule has 1 amide bonds. The molecule has 2 aromatic carbocycles. The van der Waals surface area contributed by atoms with Crippen molar-refractivity contribution < 1.29 is 32.6 Å². The first-order chi connectivity index (χ1) is 15.0. The number of carbonyl (C=O) groups excluding carboxylic acids is 1. The molecular formula is C23H21F3N2O4. The molecule has 0 aliphatic heterocycles. The average molecular weight is 446 g/mol. The van der Waals surface area contributed by atoms with Crippen molar-refractivity contribution >= 4 is 22.6 Å². The first-order valence-corrected chi connectivity index (χ1v) is 9.78. The number of aromatic nitrogens is 1. The van der Waals surface area contributed by atoms with Crippen molar-refractivity contribution in [2.24, 2.45) is 0 Å². The van der Waals surface area contributed by atoms with Gasteiger partial charge >= 0.3 is 12.1 Å². The molecule has 0 aliphatic carbocycles. The van der Waals surface area contributed by atoms with Crippen molar-refractivity contribution in [2.75, 3.05) is 0 Å². The molecule has 3 aromatic rings. The minimum absolute atomic E-state index is 0.115. The van der Waals surface area contributed by atoms with Crippen molar-refractivity contribution in [3.8, 4) is 5.75 Å². The van der Waals surface area contributed by atoms with Gasteiger partial charge in [0.2, 0.25) is 0 Å². The van der Waals surface area contributed by atoms with Gasteiger partial charge in [0.05, 0.1) is 5.56 Å². The van der Waals surface area contributed by atoms with E-state index in [0.29, 0.717) is 10.9 Å². The molecule has 0 spiro atoms. The second kappa shape index (κ2) is 8.86. The fourth-order valence-electron chi connectivity index (χ4n) is 3.02. The maximum absolute atomic E-state index is 13.0. The molecule has 0 radical (unpaired) electrons. The van der Waals surface area contributed by atoms with Gasteiger partial charge in [-0.15, -0.1) is 0 Å². The highest BCUT2D eigenvalue weighted by Crippen LogP contribution is 2.32. The van der Waals surface area contributed by atoms with E-state index in [0.717, 1.165) is 17.6 Å². The molecule has 0 aliphatic rings. The Hall–Kier alpha value is -3.62. The third-order valence-electron chi connectivity index (χ3n) is 5.19. The lowest BCUT2D eigenvalue weighted by Gasteiger charge is -2.25. The van der Waals surface area contributed by atoms with Crippen LogP contribution in [0.1, 0.15) is 41.9 Å². The summed E-state index contributed by atoms with van der Waals surface area (Å²) < 4.78 is 44.0. The SMILES string of the molecule is CC[C@@](C)(NC(=O)c1ccc2ccccc2c1OCc1ccc(C(F)(F)F)nc1)C(=O)O. The number of alkyl halides is 3. The Kier molecular flexibility index (Phi) is 6.38. The number of pyridine rings is 1. The first-order valence-electron chi connectivity index (χ1n) is 9.78. The number of benzene rings is 2. The number of carbonyl (C=O) groups is 2. The molecule has 0 bridgehead atoms. The zero-order chi connectivity index (χ0) is 23.5. The van der Waals surface area contributed by atoms with Crippen LogP contribution in [0.25, 0.3) is 10.8 Å². The smallest absolute Gasteiger partial charge is 0.433 e. The Bertz CT molecular complexity index is 1150. The minimum Gasteiger partial charge on any atom is -0.487 e. The summed E-state index contributed by atoms with van der Waals surface area (Å²) in [5, 5.41) is 13.4. The van der Waals surface area contributed by atoms with E-state index in [4.69, 9.17) is 4.74 Å². The lowest BCUT2D eigenvalue weighted by molar-refractivity contribution is -0.144. The Morgan fingerprint density at radius 2 is 1.81 bits per heavy atom. The van der Waals surface area contributed by atoms with Gasteiger partial charge in [-0.3, -0.25) is 9.78 Å². The lowest BCUT2D eigenvalue weighted by atomic mass is 9.97. The summed E-state index contributed by atoms with van der Waals surface area (Å²) in [7, 11) is 0. The molecule has 1 heterocycles. The lowest BCUT2D eigenvalue weighted by Crippen LogP contribution is -2.51. The highest BCUT2D eigenvalue weighted by molar-refractivity contribution is 6.05. The van der Waals surface area contributed by atoms with Crippen LogP contribution in [0.2, 0.25) is 0 Å². The van der Waals surface area contributed by atoms with Gasteiger partial charge in [-0.1, -0.05) is 43.3 Å². The number of ether oxygens (including phenoxy) is 1. The third-order valence-corrected chi connectivity index (χ3v) is 5.19. The predicted octanol–water partition coefficient (Wildman–Crippen LogP) is 4.82. The van der Waals surface area contributed by atoms with Crippen LogP contribution in [0.4, 0.5) is 13.2 Å². The fraction of sp³-hybridized carbons (Fsp3) is 0.261. The van der Waals surface area contributed by atoms with Gasteiger partial charge in [-0.2, -0.15) is 13.2 Å². The summed E-state index contributed by atoms with van der Waals surface area (Å²) >= 11 is 0. The number of nitrogens with one attached hydrogen (secondary N) is 1. The summed E-state index contributed by atoms with van der Waals surface area (Å²) in [5.41, 5.74) is -2.00. The first kappa shape index (κ1) is 23.1. The molecule has 1 aromatic heterocycles. The van der Waals surface area contributed by atoms with E-state index in [2.05, 4.69) is 10.3 Å². The molecule has 168 valence electrons. The highest BCUT2D eigenvalue weighted by Gasteiger charge is 2.34. The monoisotopic (exact) mass is 446 g/mol. The average Bonchev–Trinajstić information content (AvgIpc) is 2.76. The van der Waals surface area contributed by atoms with Crippen LogP contribution in [0.15, 0.2) is 54.7 Å². The number of amides is 1. The molecule has 9 heteroatoms. The van der Waals surface area contributed by atoms with Gasteiger partial charge in [-0.05, 0) is 30.9 Å². The highest BCUT2D eigenvalue weighted by atomic mass is 19.4. The second-order valence-electron chi connectivity index (χ2n) is 7.45. The molecule has 0 unspecified atom stereocenters.